The summed E-state index contributed by atoms with van der Waals surface area (Å²) in [6, 6.07) is 5.23. The fourth-order valence-electron chi connectivity index (χ4n) is 1.60. The monoisotopic (exact) mass is 368 g/mol. The van der Waals surface area contributed by atoms with Crippen molar-refractivity contribution < 1.29 is 23.9 Å². The summed E-state index contributed by atoms with van der Waals surface area (Å²) in [6.45, 7) is 2.07. The largest absolute Gasteiger partial charge is 0.453 e. The minimum absolute atomic E-state index is 0.207. The number of hydrogen-bond donors (Lipinski definition) is 3. The first-order chi connectivity index (χ1) is 12.0. The van der Waals surface area contributed by atoms with E-state index in [4.69, 9.17) is 0 Å². The minimum Gasteiger partial charge on any atom is -0.453 e. The summed E-state index contributed by atoms with van der Waals surface area (Å²) < 4.78 is 8.95. The van der Waals surface area contributed by atoms with Crippen LogP contribution >= 0.6 is 11.8 Å². The van der Waals surface area contributed by atoms with E-state index in [1.54, 1.807) is 23.9 Å². The molecule has 0 aliphatic carbocycles. The van der Waals surface area contributed by atoms with Crippen LogP contribution in [0.4, 0.5) is 21.0 Å². The van der Waals surface area contributed by atoms with Gasteiger partial charge in [-0.3, -0.25) is 15.4 Å². The van der Waals surface area contributed by atoms with Gasteiger partial charge in [-0.1, -0.05) is 6.92 Å². The number of nitrogens with one attached hydrogen (secondary N) is 3. The van der Waals surface area contributed by atoms with Crippen molar-refractivity contribution in [2.24, 2.45) is 4.99 Å². The zero-order valence-corrected chi connectivity index (χ0v) is 14.9. The Balaban J connectivity index is 3.16. The van der Waals surface area contributed by atoms with E-state index in [2.05, 4.69) is 37.3 Å². The van der Waals surface area contributed by atoms with Crippen molar-refractivity contribution in [3.8, 4) is 0 Å². The number of thioether (sulfide) groups is 1. The molecule has 0 aromatic heterocycles. The Kier molecular flexibility index (Phi) is 8.86. The molecule has 0 spiro atoms. The molecular weight excluding hydrogens is 348 g/mol. The Hall–Kier alpha value is -2.75. The van der Waals surface area contributed by atoms with Crippen LogP contribution in [0.25, 0.3) is 0 Å². The lowest BCUT2D eigenvalue weighted by Gasteiger charge is -2.11. The van der Waals surface area contributed by atoms with Crippen molar-refractivity contribution >= 4 is 47.7 Å². The van der Waals surface area contributed by atoms with Crippen molar-refractivity contribution in [2.75, 3.05) is 25.3 Å². The summed E-state index contributed by atoms with van der Waals surface area (Å²) in [4.78, 5) is 38.7. The molecule has 1 rings (SSSR count). The molecule has 25 heavy (non-hydrogen) atoms. The number of amides is 3. The van der Waals surface area contributed by atoms with Crippen LogP contribution in [0.2, 0.25) is 0 Å². The number of ether oxygens (including phenoxy) is 2. The number of hydrogen-bond acceptors (Lipinski definition) is 7. The summed E-state index contributed by atoms with van der Waals surface area (Å²) in [5.41, 5.74) is 0.752. The molecule has 1 aromatic carbocycles. The van der Waals surface area contributed by atoms with E-state index in [0.29, 0.717) is 17.8 Å². The van der Waals surface area contributed by atoms with Crippen LogP contribution < -0.4 is 16.0 Å². The highest BCUT2D eigenvalue weighted by Gasteiger charge is 2.12. The van der Waals surface area contributed by atoms with Gasteiger partial charge in [0.2, 0.25) is 12.4 Å². The fourth-order valence-corrected chi connectivity index (χ4v) is 2.41. The average Bonchev–Trinajstić information content (AvgIpc) is 2.61. The molecule has 0 fully saturated rings. The van der Waals surface area contributed by atoms with Gasteiger partial charge in [0, 0.05) is 4.90 Å². The number of aliphatic imine (C=N–C) groups is 1. The number of alkyl carbamates (subject to hydrolysis) is 2. The summed E-state index contributed by atoms with van der Waals surface area (Å²) in [5, 5.41) is 7.05. The lowest BCUT2D eigenvalue weighted by Crippen LogP contribution is -2.43. The third kappa shape index (κ3) is 7.12. The van der Waals surface area contributed by atoms with E-state index in [-0.39, 0.29) is 5.96 Å². The molecule has 3 amide bonds. The van der Waals surface area contributed by atoms with Gasteiger partial charge in [-0.2, -0.15) is 0 Å². The predicted molar refractivity (Wildman–Crippen MR) is 95.3 cm³/mol. The molecule has 0 saturated heterocycles. The van der Waals surface area contributed by atoms with Gasteiger partial charge in [0.15, 0.2) is 0 Å². The molecule has 0 unspecified atom stereocenters. The molecule has 3 N–H and O–H groups in total. The van der Waals surface area contributed by atoms with Gasteiger partial charge >= 0.3 is 12.2 Å². The quantitative estimate of drug-likeness (QED) is 0.307. The van der Waals surface area contributed by atoms with Crippen molar-refractivity contribution in [1.29, 1.82) is 0 Å². The van der Waals surface area contributed by atoms with Crippen molar-refractivity contribution in [3.05, 3.63) is 18.2 Å². The number of guanidine groups is 1. The zero-order valence-electron chi connectivity index (χ0n) is 14.1. The first-order valence-electron chi connectivity index (χ1n) is 7.29. The number of anilines is 1. The standard InChI is InChI=1S/C15H20N4O5S/c1-4-7-25-10-5-6-11(12(8-10)16-9-20)17-13(18-14(21)23-2)19-15(22)24-3/h5-6,8-9H,4,7H2,1-3H3,(H,16,20)(H2,17,18,19,21,22). The summed E-state index contributed by atoms with van der Waals surface area (Å²) >= 11 is 1.63. The SMILES string of the molecule is CCCSc1ccc(N=C(NC(=O)OC)NC(=O)OC)c(NC=O)c1. The van der Waals surface area contributed by atoms with E-state index < -0.39 is 12.2 Å². The van der Waals surface area contributed by atoms with Crippen LogP contribution in [-0.2, 0) is 14.3 Å². The van der Waals surface area contributed by atoms with Gasteiger partial charge in [-0.25, -0.2) is 14.6 Å². The molecule has 10 heteroatoms. The lowest BCUT2D eigenvalue weighted by atomic mass is 10.2. The van der Waals surface area contributed by atoms with Gasteiger partial charge in [0.05, 0.1) is 25.6 Å². The maximum absolute atomic E-state index is 11.4. The number of nitrogens with zero attached hydrogens (tertiary/aromatic N) is 1. The number of carbonyl (C=O) groups excluding carboxylic acids is 3. The van der Waals surface area contributed by atoms with Gasteiger partial charge in [0.1, 0.15) is 0 Å². The highest BCUT2D eigenvalue weighted by atomic mass is 32.2. The number of benzene rings is 1. The third-order valence-corrected chi connectivity index (χ3v) is 3.90. The molecular formula is C15H20N4O5S. The average molecular weight is 368 g/mol. The van der Waals surface area contributed by atoms with Crippen molar-refractivity contribution in [2.45, 2.75) is 18.2 Å². The van der Waals surface area contributed by atoms with Gasteiger partial charge in [-0.05, 0) is 30.4 Å². The van der Waals surface area contributed by atoms with Crippen LogP contribution in [0.1, 0.15) is 13.3 Å². The van der Waals surface area contributed by atoms with Crippen LogP contribution in [0, 0.1) is 0 Å². The molecule has 0 radical (unpaired) electrons. The van der Waals surface area contributed by atoms with E-state index in [1.165, 1.54) is 14.2 Å². The first kappa shape index (κ1) is 20.3. The highest BCUT2D eigenvalue weighted by Crippen LogP contribution is 2.30. The summed E-state index contributed by atoms with van der Waals surface area (Å²) in [7, 11) is 2.34. The van der Waals surface area contributed by atoms with Gasteiger partial charge in [0.25, 0.3) is 0 Å². The van der Waals surface area contributed by atoms with Crippen LogP contribution in [0.3, 0.4) is 0 Å². The second-order valence-electron chi connectivity index (χ2n) is 4.48. The molecule has 1 aromatic rings. The zero-order chi connectivity index (χ0) is 18.7. The topological polar surface area (TPSA) is 118 Å². The fraction of sp³-hybridized carbons (Fsp3) is 0.333. The van der Waals surface area contributed by atoms with E-state index in [1.807, 2.05) is 6.07 Å². The smallest absolute Gasteiger partial charge is 0.413 e. The molecule has 0 bridgehead atoms. The van der Waals surface area contributed by atoms with Crippen LogP contribution in [0.15, 0.2) is 28.1 Å². The van der Waals surface area contributed by atoms with E-state index in [0.717, 1.165) is 17.1 Å². The van der Waals surface area contributed by atoms with Gasteiger partial charge < -0.3 is 14.8 Å². The first-order valence-corrected chi connectivity index (χ1v) is 8.28. The summed E-state index contributed by atoms with van der Waals surface area (Å²) in [5.74, 6) is 0.726. The normalized spacial score (nSPS) is 9.56. The minimum atomic E-state index is -0.824. The maximum Gasteiger partial charge on any atom is 0.413 e. The Morgan fingerprint density at radius 2 is 1.84 bits per heavy atom. The molecule has 0 saturated carbocycles. The molecule has 0 heterocycles. The van der Waals surface area contributed by atoms with Crippen LogP contribution in [-0.4, -0.2) is 44.5 Å². The Bertz CT molecular complexity index is 631. The van der Waals surface area contributed by atoms with E-state index in [9.17, 15) is 14.4 Å². The molecule has 0 atom stereocenters. The van der Waals surface area contributed by atoms with E-state index >= 15 is 0 Å². The number of carbonyl (C=O) groups is 3. The van der Waals surface area contributed by atoms with Crippen molar-refractivity contribution in [1.82, 2.24) is 10.6 Å². The molecule has 0 aliphatic rings. The molecule has 136 valence electrons. The lowest BCUT2D eigenvalue weighted by molar-refractivity contribution is -0.105. The predicted octanol–water partition coefficient (Wildman–Crippen LogP) is 2.46. The Labute approximate surface area is 149 Å². The number of methoxy groups -OCH3 is 2. The Morgan fingerprint density at radius 1 is 1.20 bits per heavy atom. The van der Waals surface area contributed by atoms with Gasteiger partial charge in [-0.15, -0.1) is 11.8 Å². The maximum atomic E-state index is 11.4. The molecule has 9 nitrogen and oxygen atoms in total. The second kappa shape index (κ2) is 10.9. The molecule has 0 aliphatic heterocycles. The van der Waals surface area contributed by atoms with Crippen LogP contribution in [0.5, 0.6) is 0 Å². The highest BCUT2D eigenvalue weighted by molar-refractivity contribution is 7.99. The third-order valence-electron chi connectivity index (χ3n) is 2.70. The second-order valence-corrected chi connectivity index (χ2v) is 5.65. The summed E-state index contributed by atoms with van der Waals surface area (Å²) in [6.07, 6.45) is -0.119. The Morgan fingerprint density at radius 3 is 2.36 bits per heavy atom. The number of rotatable bonds is 6. The van der Waals surface area contributed by atoms with Crippen molar-refractivity contribution in [3.63, 3.8) is 0 Å².